The number of nitrogens with zero attached hydrogens (tertiary/aromatic N) is 3. The number of nitrogen functional groups attached to an aromatic ring is 1. The maximum Gasteiger partial charge on any atom is 0.160 e. The number of hydrogen-bond acceptors (Lipinski definition) is 4. The van der Waals surface area contributed by atoms with Gasteiger partial charge in [0.25, 0.3) is 0 Å². The topological polar surface area (TPSA) is 86.6 Å². The van der Waals surface area contributed by atoms with Crippen LogP contribution in [0, 0.1) is 6.92 Å². The molecule has 6 heteroatoms. The largest absolute Gasteiger partial charge is 0.384 e. The maximum atomic E-state index is 6.09. The monoisotopic (exact) mass is 472 g/mol. The average molecular weight is 473 g/mol. The van der Waals surface area contributed by atoms with Crippen LogP contribution in [-0.2, 0) is 19.6 Å². The highest BCUT2D eigenvalue weighted by Crippen LogP contribution is 2.31. The van der Waals surface area contributed by atoms with E-state index < -0.39 is 0 Å². The molecule has 0 spiro atoms. The first-order valence-corrected chi connectivity index (χ1v) is 12.2. The van der Waals surface area contributed by atoms with Gasteiger partial charge in [-0.05, 0) is 47.9 Å². The number of fused-ring (bicyclic) bond motifs is 2. The molecule has 0 atom stereocenters. The van der Waals surface area contributed by atoms with Crippen molar-refractivity contribution < 1.29 is 0 Å². The Kier molecular flexibility index (Phi) is 5.71. The highest BCUT2D eigenvalue weighted by Gasteiger charge is 2.14. The molecular weight excluding hydrogens is 444 g/mol. The van der Waals surface area contributed by atoms with Crippen molar-refractivity contribution in [1.29, 1.82) is 0 Å². The van der Waals surface area contributed by atoms with Crippen LogP contribution in [0.3, 0.4) is 0 Å². The van der Waals surface area contributed by atoms with E-state index in [1.165, 1.54) is 16.7 Å². The Morgan fingerprint density at radius 1 is 0.722 bits per heavy atom. The number of anilines is 1. The number of rotatable bonds is 7. The fourth-order valence-electron chi connectivity index (χ4n) is 4.87. The molecule has 6 nitrogen and oxygen atoms in total. The number of aromatic nitrogens is 4. The van der Waals surface area contributed by atoms with E-state index in [0.717, 1.165) is 53.1 Å². The van der Waals surface area contributed by atoms with Gasteiger partial charge in [-0.25, -0.2) is 9.97 Å². The molecule has 3 aromatic heterocycles. The van der Waals surface area contributed by atoms with Gasteiger partial charge in [-0.3, -0.25) is 4.90 Å². The molecule has 4 N–H and O–H groups in total. The normalized spacial score (nSPS) is 11.6. The number of imidazole rings is 1. The molecule has 3 heterocycles. The SMILES string of the molecule is Cc1nc2c(-c3cc4cc(CN(Cc5ccccc5)Cc5ccccc5)ccc4[nH]3)cc(N)nc2[nH]1. The van der Waals surface area contributed by atoms with Gasteiger partial charge in [-0.1, -0.05) is 66.7 Å². The van der Waals surface area contributed by atoms with Gasteiger partial charge in [-0.15, -0.1) is 0 Å². The van der Waals surface area contributed by atoms with Crippen LogP contribution in [0.2, 0.25) is 0 Å². The summed E-state index contributed by atoms with van der Waals surface area (Å²) in [5, 5.41) is 1.16. The lowest BCUT2D eigenvalue weighted by Gasteiger charge is -2.23. The van der Waals surface area contributed by atoms with Crippen molar-refractivity contribution in [2.24, 2.45) is 0 Å². The summed E-state index contributed by atoms with van der Waals surface area (Å²) in [6.07, 6.45) is 0. The van der Waals surface area contributed by atoms with Crippen molar-refractivity contribution in [1.82, 2.24) is 24.8 Å². The predicted molar refractivity (Wildman–Crippen MR) is 146 cm³/mol. The van der Waals surface area contributed by atoms with Gasteiger partial charge in [0.15, 0.2) is 5.65 Å². The lowest BCUT2D eigenvalue weighted by atomic mass is 10.1. The smallest absolute Gasteiger partial charge is 0.160 e. The minimum Gasteiger partial charge on any atom is -0.384 e. The number of benzene rings is 3. The summed E-state index contributed by atoms with van der Waals surface area (Å²) in [5.74, 6) is 1.29. The Balaban J connectivity index is 1.32. The highest BCUT2D eigenvalue weighted by atomic mass is 15.1. The van der Waals surface area contributed by atoms with Crippen molar-refractivity contribution >= 4 is 27.9 Å². The first-order valence-electron chi connectivity index (χ1n) is 12.2. The Labute approximate surface area is 209 Å². The number of nitrogens with one attached hydrogen (secondary N) is 2. The van der Waals surface area contributed by atoms with E-state index >= 15 is 0 Å². The lowest BCUT2D eigenvalue weighted by Crippen LogP contribution is -2.22. The first kappa shape index (κ1) is 22.1. The lowest BCUT2D eigenvalue weighted by molar-refractivity contribution is 0.248. The van der Waals surface area contributed by atoms with Crippen LogP contribution in [0.5, 0.6) is 0 Å². The van der Waals surface area contributed by atoms with Gasteiger partial charge in [-0.2, -0.15) is 0 Å². The number of H-pyrrole nitrogens is 2. The zero-order valence-electron chi connectivity index (χ0n) is 20.2. The molecule has 0 amide bonds. The molecule has 0 unspecified atom stereocenters. The number of aryl methyl sites for hydroxylation is 1. The third-order valence-electron chi connectivity index (χ3n) is 6.47. The van der Waals surface area contributed by atoms with Crippen molar-refractivity contribution in [3.05, 3.63) is 114 Å². The molecule has 0 radical (unpaired) electrons. The molecule has 0 aliphatic heterocycles. The van der Waals surface area contributed by atoms with E-state index in [-0.39, 0.29) is 0 Å². The molecule has 6 rings (SSSR count). The maximum absolute atomic E-state index is 6.09. The molecule has 0 aliphatic rings. The summed E-state index contributed by atoms with van der Waals surface area (Å²) in [5.41, 5.74) is 14.5. The second kappa shape index (κ2) is 9.32. The first-order chi connectivity index (χ1) is 17.6. The Bertz CT molecular complexity index is 1590. The fourth-order valence-corrected chi connectivity index (χ4v) is 4.87. The number of nitrogens with two attached hydrogens (primary N) is 1. The number of pyridine rings is 1. The van der Waals surface area contributed by atoms with Crippen molar-refractivity contribution in [3.63, 3.8) is 0 Å². The van der Waals surface area contributed by atoms with Crippen LogP contribution >= 0.6 is 0 Å². The second-order valence-corrected chi connectivity index (χ2v) is 9.34. The molecule has 3 aromatic carbocycles. The van der Waals surface area contributed by atoms with Crippen molar-refractivity contribution in [3.8, 4) is 11.3 Å². The van der Waals surface area contributed by atoms with Gasteiger partial charge in [0.2, 0.25) is 0 Å². The van der Waals surface area contributed by atoms with Gasteiger partial charge >= 0.3 is 0 Å². The fraction of sp³-hybridized carbons (Fsp3) is 0.133. The van der Waals surface area contributed by atoms with Crippen molar-refractivity contribution in [2.45, 2.75) is 26.6 Å². The van der Waals surface area contributed by atoms with E-state index in [0.29, 0.717) is 11.5 Å². The standard InChI is InChI=1S/C30H28N6/c1-20-32-29-25(16-28(31)35-30(29)33-20)27-15-24-14-23(12-13-26(24)34-27)19-36(17-21-8-4-2-5-9-21)18-22-10-6-3-7-11-22/h2-16,34H,17-19H2,1H3,(H3,31,32,33,35). The minimum atomic E-state index is 0.470. The predicted octanol–water partition coefficient (Wildman–Crippen LogP) is 6.20. The summed E-state index contributed by atoms with van der Waals surface area (Å²) in [6, 6.07) is 32.0. The molecule has 178 valence electrons. The van der Waals surface area contributed by atoms with Crippen LogP contribution in [0.15, 0.2) is 91.0 Å². The van der Waals surface area contributed by atoms with E-state index in [2.05, 4.69) is 110 Å². The van der Waals surface area contributed by atoms with Crippen LogP contribution in [0.4, 0.5) is 5.82 Å². The van der Waals surface area contributed by atoms with E-state index in [1.54, 1.807) is 0 Å². The summed E-state index contributed by atoms with van der Waals surface area (Å²) >= 11 is 0. The molecular formula is C30H28N6. The highest BCUT2D eigenvalue weighted by molar-refractivity contribution is 5.95. The number of hydrogen-bond donors (Lipinski definition) is 3. The zero-order valence-corrected chi connectivity index (χ0v) is 20.2. The summed E-state index contributed by atoms with van der Waals surface area (Å²) in [6.45, 7) is 4.55. The van der Waals surface area contributed by atoms with Gasteiger partial charge in [0.1, 0.15) is 17.2 Å². The van der Waals surface area contributed by atoms with Gasteiger partial charge < -0.3 is 15.7 Å². The molecule has 6 aromatic rings. The quantitative estimate of drug-likeness (QED) is 0.258. The van der Waals surface area contributed by atoms with Crippen LogP contribution in [0.1, 0.15) is 22.5 Å². The van der Waals surface area contributed by atoms with E-state index in [9.17, 15) is 0 Å². The average Bonchev–Trinajstić information content (AvgIpc) is 3.47. The molecule has 0 saturated heterocycles. The van der Waals surface area contributed by atoms with E-state index in [1.807, 2.05) is 13.0 Å². The zero-order chi connectivity index (χ0) is 24.5. The summed E-state index contributed by atoms with van der Waals surface area (Å²) in [4.78, 5) is 18.3. The molecule has 0 aliphatic carbocycles. The van der Waals surface area contributed by atoms with Crippen LogP contribution < -0.4 is 5.73 Å². The minimum absolute atomic E-state index is 0.470. The molecule has 0 bridgehead atoms. The second-order valence-electron chi connectivity index (χ2n) is 9.34. The summed E-state index contributed by atoms with van der Waals surface area (Å²) in [7, 11) is 0. The Morgan fingerprint density at radius 3 is 2.08 bits per heavy atom. The molecule has 0 fully saturated rings. The van der Waals surface area contributed by atoms with Gasteiger partial charge in [0.05, 0.1) is 0 Å². The third-order valence-corrected chi connectivity index (χ3v) is 6.47. The van der Waals surface area contributed by atoms with Crippen molar-refractivity contribution in [2.75, 3.05) is 5.73 Å². The van der Waals surface area contributed by atoms with E-state index in [4.69, 9.17) is 5.73 Å². The number of aromatic amines is 2. The van der Waals surface area contributed by atoms with Crippen LogP contribution in [0.25, 0.3) is 33.3 Å². The Morgan fingerprint density at radius 2 is 1.39 bits per heavy atom. The molecule has 0 saturated carbocycles. The Hall–Kier alpha value is -4.42. The van der Waals surface area contributed by atoms with Gasteiger partial charge in [0, 0.05) is 41.8 Å². The summed E-state index contributed by atoms with van der Waals surface area (Å²) < 4.78 is 0. The van der Waals surface area contributed by atoms with Crippen LogP contribution in [-0.4, -0.2) is 24.8 Å². The molecule has 36 heavy (non-hydrogen) atoms. The third kappa shape index (κ3) is 4.59.